The molecule has 0 spiro atoms. The Morgan fingerprint density at radius 2 is 2.00 bits per heavy atom. The van der Waals surface area contributed by atoms with Crippen molar-refractivity contribution in [2.24, 2.45) is 0 Å². The van der Waals surface area contributed by atoms with Gasteiger partial charge in [0.2, 0.25) is 0 Å². The molecule has 12 heavy (non-hydrogen) atoms. The van der Waals surface area contributed by atoms with E-state index in [9.17, 15) is 4.79 Å². The van der Waals surface area contributed by atoms with Crippen molar-refractivity contribution in [3.8, 4) is 0 Å². The van der Waals surface area contributed by atoms with Gasteiger partial charge in [0.1, 0.15) is 6.29 Å². The number of carbonyl (C=O) groups excluding carboxylic acids is 1. The molecule has 0 aliphatic carbocycles. The summed E-state index contributed by atoms with van der Waals surface area (Å²) in [5.41, 5.74) is 0.720. The third kappa shape index (κ3) is 2.55. The van der Waals surface area contributed by atoms with Crippen molar-refractivity contribution in [2.45, 2.75) is 4.90 Å². The zero-order chi connectivity index (χ0) is 8.81. The summed E-state index contributed by atoms with van der Waals surface area (Å²) < 4.78 is 0. The van der Waals surface area contributed by atoms with Crippen LogP contribution in [0.2, 0.25) is 0 Å². The summed E-state index contributed by atoms with van der Waals surface area (Å²) in [7, 11) is 0. The quantitative estimate of drug-likeness (QED) is 0.400. The lowest BCUT2D eigenvalue weighted by Gasteiger charge is -1.97. The molecular weight excluding hydrogens is 168 g/mol. The third-order valence-corrected chi connectivity index (χ3v) is 2.39. The van der Waals surface area contributed by atoms with Crippen LogP contribution in [0.3, 0.4) is 0 Å². The van der Waals surface area contributed by atoms with E-state index >= 15 is 0 Å². The van der Waals surface area contributed by atoms with Gasteiger partial charge in [-0.2, -0.15) is 0 Å². The summed E-state index contributed by atoms with van der Waals surface area (Å²) in [6.07, 6.45) is 2.71. The molecule has 0 saturated heterocycles. The van der Waals surface area contributed by atoms with E-state index in [1.54, 1.807) is 11.8 Å². The molecule has 0 aliphatic rings. The largest absolute Gasteiger partial charge is 0.298 e. The van der Waals surface area contributed by atoms with Crippen LogP contribution in [0.5, 0.6) is 0 Å². The number of hydrogen-bond donors (Lipinski definition) is 0. The molecule has 0 unspecified atom stereocenters. The molecule has 0 atom stereocenters. The highest BCUT2D eigenvalue weighted by Crippen LogP contribution is 2.17. The van der Waals surface area contributed by atoms with Crippen LogP contribution in [-0.4, -0.2) is 12.0 Å². The van der Waals surface area contributed by atoms with Crippen molar-refractivity contribution >= 4 is 18.0 Å². The standard InChI is InChI=1S/C10H10OS/c1-2-7-12-10-5-3-9(8-11)4-6-10/h2-6,8H,1,7H2. The number of aldehydes is 1. The first kappa shape index (κ1) is 9.07. The second-order valence-corrected chi connectivity index (χ2v) is 3.38. The van der Waals surface area contributed by atoms with Crippen LogP contribution in [-0.2, 0) is 0 Å². The van der Waals surface area contributed by atoms with Gasteiger partial charge >= 0.3 is 0 Å². The normalized spacial score (nSPS) is 9.33. The van der Waals surface area contributed by atoms with Gasteiger partial charge in [-0.05, 0) is 12.1 Å². The number of rotatable bonds is 4. The van der Waals surface area contributed by atoms with Crippen LogP contribution in [0, 0.1) is 0 Å². The van der Waals surface area contributed by atoms with Crippen LogP contribution in [0.25, 0.3) is 0 Å². The lowest BCUT2D eigenvalue weighted by atomic mass is 10.2. The van der Waals surface area contributed by atoms with Crippen LogP contribution in [0.4, 0.5) is 0 Å². The minimum atomic E-state index is 0.720. The molecule has 62 valence electrons. The lowest BCUT2D eigenvalue weighted by Crippen LogP contribution is -1.78. The molecule has 0 radical (unpaired) electrons. The Kier molecular flexibility index (Phi) is 3.61. The van der Waals surface area contributed by atoms with E-state index in [1.165, 1.54) is 4.90 Å². The van der Waals surface area contributed by atoms with Crippen LogP contribution in [0.1, 0.15) is 10.4 Å². The van der Waals surface area contributed by atoms with Gasteiger partial charge in [-0.3, -0.25) is 4.79 Å². The molecule has 0 saturated carbocycles. The van der Waals surface area contributed by atoms with E-state index in [0.29, 0.717) is 0 Å². The van der Waals surface area contributed by atoms with Gasteiger partial charge in [-0.1, -0.05) is 18.2 Å². The van der Waals surface area contributed by atoms with E-state index in [1.807, 2.05) is 30.3 Å². The zero-order valence-corrected chi connectivity index (χ0v) is 7.51. The predicted octanol–water partition coefficient (Wildman–Crippen LogP) is 2.78. The van der Waals surface area contributed by atoms with Crippen molar-refractivity contribution < 1.29 is 4.79 Å². The molecule has 0 fully saturated rings. The van der Waals surface area contributed by atoms with E-state index in [-0.39, 0.29) is 0 Å². The summed E-state index contributed by atoms with van der Waals surface area (Å²) in [6.45, 7) is 3.63. The monoisotopic (exact) mass is 178 g/mol. The highest BCUT2D eigenvalue weighted by atomic mass is 32.2. The second-order valence-electron chi connectivity index (χ2n) is 2.29. The van der Waals surface area contributed by atoms with Gasteiger partial charge in [-0.25, -0.2) is 0 Å². The average molecular weight is 178 g/mol. The molecule has 2 heteroatoms. The highest BCUT2D eigenvalue weighted by Gasteiger charge is 1.91. The molecular formula is C10H10OS. The van der Waals surface area contributed by atoms with Crippen molar-refractivity contribution in [3.63, 3.8) is 0 Å². The third-order valence-electron chi connectivity index (χ3n) is 1.38. The fraction of sp³-hybridized carbons (Fsp3) is 0.100. The predicted molar refractivity (Wildman–Crippen MR) is 52.8 cm³/mol. The Labute approximate surface area is 76.5 Å². The second kappa shape index (κ2) is 4.78. The SMILES string of the molecule is C=CCSc1ccc(C=O)cc1. The van der Waals surface area contributed by atoms with Crippen molar-refractivity contribution in [1.82, 2.24) is 0 Å². The van der Waals surface area contributed by atoms with Crippen LogP contribution in [0.15, 0.2) is 41.8 Å². The molecule has 0 bridgehead atoms. The molecule has 1 aromatic rings. The molecule has 0 amide bonds. The van der Waals surface area contributed by atoms with Crippen molar-refractivity contribution in [3.05, 3.63) is 42.5 Å². The Morgan fingerprint density at radius 3 is 2.50 bits per heavy atom. The maximum atomic E-state index is 10.3. The number of thioether (sulfide) groups is 1. The molecule has 1 nitrogen and oxygen atoms in total. The molecule has 1 rings (SSSR count). The smallest absolute Gasteiger partial charge is 0.150 e. The first-order valence-electron chi connectivity index (χ1n) is 3.66. The Hall–Kier alpha value is -1.02. The minimum Gasteiger partial charge on any atom is -0.298 e. The summed E-state index contributed by atoms with van der Waals surface area (Å²) in [5.74, 6) is 0.903. The molecule has 0 aliphatic heterocycles. The maximum Gasteiger partial charge on any atom is 0.150 e. The van der Waals surface area contributed by atoms with Gasteiger partial charge in [0.25, 0.3) is 0 Å². The van der Waals surface area contributed by atoms with Crippen molar-refractivity contribution in [2.75, 3.05) is 5.75 Å². The Balaban J connectivity index is 2.64. The van der Waals surface area contributed by atoms with E-state index < -0.39 is 0 Å². The van der Waals surface area contributed by atoms with Gasteiger partial charge in [0.15, 0.2) is 0 Å². The molecule has 0 N–H and O–H groups in total. The Morgan fingerprint density at radius 1 is 1.33 bits per heavy atom. The minimum absolute atomic E-state index is 0.720. The van der Waals surface area contributed by atoms with Gasteiger partial charge < -0.3 is 0 Å². The molecule has 0 aromatic heterocycles. The highest BCUT2D eigenvalue weighted by molar-refractivity contribution is 7.99. The topological polar surface area (TPSA) is 17.1 Å². The van der Waals surface area contributed by atoms with E-state index in [4.69, 9.17) is 0 Å². The molecule has 0 heterocycles. The van der Waals surface area contributed by atoms with Crippen LogP contribution >= 0.6 is 11.8 Å². The summed E-state index contributed by atoms with van der Waals surface area (Å²) >= 11 is 1.71. The zero-order valence-electron chi connectivity index (χ0n) is 6.69. The fourth-order valence-electron chi connectivity index (χ4n) is 0.798. The van der Waals surface area contributed by atoms with Crippen LogP contribution < -0.4 is 0 Å². The number of carbonyl (C=O) groups is 1. The summed E-state index contributed by atoms with van der Waals surface area (Å²) in [6, 6.07) is 7.52. The maximum absolute atomic E-state index is 10.3. The molecule has 1 aromatic carbocycles. The van der Waals surface area contributed by atoms with Gasteiger partial charge in [0.05, 0.1) is 0 Å². The van der Waals surface area contributed by atoms with Crippen molar-refractivity contribution in [1.29, 1.82) is 0 Å². The number of benzene rings is 1. The van der Waals surface area contributed by atoms with Gasteiger partial charge in [-0.15, -0.1) is 18.3 Å². The number of hydrogen-bond acceptors (Lipinski definition) is 2. The van der Waals surface area contributed by atoms with Gasteiger partial charge in [0, 0.05) is 16.2 Å². The van der Waals surface area contributed by atoms with E-state index in [0.717, 1.165) is 17.6 Å². The lowest BCUT2D eigenvalue weighted by molar-refractivity contribution is 0.112. The Bertz CT molecular complexity index is 264. The summed E-state index contributed by atoms with van der Waals surface area (Å²) in [5, 5.41) is 0. The summed E-state index contributed by atoms with van der Waals surface area (Å²) in [4.78, 5) is 11.5. The first-order valence-corrected chi connectivity index (χ1v) is 4.64. The van der Waals surface area contributed by atoms with E-state index in [2.05, 4.69) is 6.58 Å². The first-order chi connectivity index (χ1) is 5.86. The average Bonchev–Trinajstić information content (AvgIpc) is 2.15. The fourth-order valence-corrected chi connectivity index (χ4v) is 1.44.